The minimum atomic E-state index is 0.374. The summed E-state index contributed by atoms with van der Waals surface area (Å²) in [5.41, 5.74) is 0. The summed E-state index contributed by atoms with van der Waals surface area (Å²) in [6.07, 6.45) is 8.49. The highest BCUT2D eigenvalue weighted by Crippen LogP contribution is 2.32. The van der Waals surface area contributed by atoms with Crippen LogP contribution in [0.2, 0.25) is 0 Å². The smallest absolute Gasteiger partial charge is 0.152 e. The third-order valence-electron chi connectivity index (χ3n) is 3.37. The third-order valence-corrected chi connectivity index (χ3v) is 3.96. The number of hydrogen-bond donors (Lipinski definition) is 0. The van der Waals surface area contributed by atoms with E-state index in [0.29, 0.717) is 12.0 Å². The van der Waals surface area contributed by atoms with Crippen molar-refractivity contribution in [1.82, 2.24) is 4.98 Å². The van der Waals surface area contributed by atoms with Gasteiger partial charge in [-0.2, -0.15) is 0 Å². The van der Waals surface area contributed by atoms with Crippen molar-refractivity contribution in [2.24, 2.45) is 5.92 Å². The maximum absolute atomic E-state index is 6.08. The molecule has 2 nitrogen and oxygen atoms in total. The van der Waals surface area contributed by atoms with Gasteiger partial charge in [-0.05, 0) is 59.7 Å². The molecule has 0 spiro atoms. The molecule has 16 heavy (non-hydrogen) atoms. The minimum Gasteiger partial charge on any atom is -0.487 e. The summed E-state index contributed by atoms with van der Waals surface area (Å²) >= 11 is 3.43. The molecule has 0 aliphatic heterocycles. The highest BCUT2D eigenvalue weighted by molar-refractivity contribution is 9.10. The van der Waals surface area contributed by atoms with Crippen LogP contribution in [0.5, 0.6) is 5.75 Å². The molecule has 0 amide bonds. The summed E-state index contributed by atoms with van der Waals surface area (Å²) in [5.74, 6) is 1.59. The molecule has 1 aromatic rings. The van der Waals surface area contributed by atoms with E-state index < -0.39 is 0 Å². The predicted molar refractivity (Wildman–Crippen MR) is 68.6 cm³/mol. The second-order valence-electron chi connectivity index (χ2n) is 4.40. The van der Waals surface area contributed by atoms with E-state index in [1.807, 2.05) is 12.1 Å². The van der Waals surface area contributed by atoms with Crippen molar-refractivity contribution >= 4 is 15.9 Å². The van der Waals surface area contributed by atoms with Gasteiger partial charge in [0.05, 0.1) is 0 Å². The molecule has 0 aromatic carbocycles. The molecule has 2 unspecified atom stereocenters. The molecule has 3 heteroatoms. The molecule has 88 valence electrons. The number of aromatic nitrogens is 1. The Morgan fingerprint density at radius 1 is 1.44 bits per heavy atom. The number of nitrogens with zero attached hydrogens (tertiary/aromatic N) is 1. The van der Waals surface area contributed by atoms with Crippen molar-refractivity contribution in [3.05, 3.63) is 22.9 Å². The first-order chi connectivity index (χ1) is 7.81. The number of rotatable bonds is 3. The molecule has 0 N–H and O–H groups in total. The molecule has 1 aliphatic carbocycles. The maximum Gasteiger partial charge on any atom is 0.152 e. The summed E-state index contributed by atoms with van der Waals surface area (Å²) in [5, 5.41) is 0. The average molecular weight is 284 g/mol. The zero-order valence-corrected chi connectivity index (χ0v) is 11.2. The number of ether oxygens (including phenoxy) is 1. The molecule has 2 atom stereocenters. The highest BCUT2D eigenvalue weighted by atomic mass is 79.9. The Labute approximate surface area is 106 Å². The first kappa shape index (κ1) is 11.9. The lowest BCUT2D eigenvalue weighted by Gasteiger charge is -2.31. The van der Waals surface area contributed by atoms with Crippen LogP contribution in [-0.2, 0) is 0 Å². The van der Waals surface area contributed by atoms with Crippen LogP contribution < -0.4 is 4.74 Å². The summed E-state index contributed by atoms with van der Waals surface area (Å²) in [6.45, 7) is 2.25. The molecule has 1 fully saturated rings. The van der Waals surface area contributed by atoms with Crippen LogP contribution in [0.25, 0.3) is 0 Å². The standard InChI is InChI=1S/C13H18BrNO/c1-2-10-6-3-4-7-11(10)16-12-8-5-9-15-13(12)14/h5,8-11H,2-4,6-7H2,1H3. The van der Waals surface area contributed by atoms with Crippen LogP contribution in [0.4, 0.5) is 0 Å². The largest absolute Gasteiger partial charge is 0.487 e. The summed E-state index contributed by atoms with van der Waals surface area (Å²) < 4.78 is 6.90. The topological polar surface area (TPSA) is 22.1 Å². The van der Waals surface area contributed by atoms with E-state index in [-0.39, 0.29) is 0 Å². The van der Waals surface area contributed by atoms with Crippen LogP contribution in [0, 0.1) is 5.92 Å². The lowest BCUT2D eigenvalue weighted by molar-refractivity contribution is 0.0892. The van der Waals surface area contributed by atoms with Gasteiger partial charge in [0.1, 0.15) is 10.7 Å². The third kappa shape index (κ3) is 2.76. The fraction of sp³-hybridized carbons (Fsp3) is 0.615. The van der Waals surface area contributed by atoms with E-state index in [4.69, 9.17) is 4.74 Å². The van der Waals surface area contributed by atoms with Crippen molar-refractivity contribution in [3.8, 4) is 5.75 Å². The number of pyridine rings is 1. The van der Waals surface area contributed by atoms with Crippen molar-refractivity contribution in [3.63, 3.8) is 0 Å². The van der Waals surface area contributed by atoms with Gasteiger partial charge in [-0.3, -0.25) is 0 Å². The summed E-state index contributed by atoms with van der Waals surface area (Å²) in [7, 11) is 0. The fourth-order valence-corrected chi connectivity index (χ4v) is 2.76. The maximum atomic E-state index is 6.08. The molecule has 0 radical (unpaired) electrons. The molecule has 0 saturated heterocycles. The zero-order chi connectivity index (χ0) is 11.4. The van der Waals surface area contributed by atoms with Gasteiger partial charge in [0, 0.05) is 6.20 Å². The molecule has 0 bridgehead atoms. The van der Waals surface area contributed by atoms with E-state index in [1.165, 1.54) is 32.1 Å². The molecular formula is C13H18BrNO. The Bertz CT molecular complexity index is 342. The first-order valence-electron chi connectivity index (χ1n) is 6.08. The van der Waals surface area contributed by atoms with Crippen molar-refractivity contribution in [2.75, 3.05) is 0 Å². The molecule has 1 aromatic heterocycles. The van der Waals surface area contributed by atoms with Crippen LogP contribution in [0.15, 0.2) is 22.9 Å². The quantitative estimate of drug-likeness (QED) is 0.776. The van der Waals surface area contributed by atoms with Gasteiger partial charge in [-0.25, -0.2) is 4.98 Å². The first-order valence-corrected chi connectivity index (χ1v) is 6.87. The van der Waals surface area contributed by atoms with Crippen LogP contribution >= 0.6 is 15.9 Å². The van der Waals surface area contributed by atoms with Crippen molar-refractivity contribution in [2.45, 2.75) is 45.1 Å². The fourth-order valence-electron chi connectivity index (χ4n) is 2.42. The highest BCUT2D eigenvalue weighted by Gasteiger charge is 2.25. The average Bonchev–Trinajstić information content (AvgIpc) is 2.33. The van der Waals surface area contributed by atoms with Crippen LogP contribution in [0.1, 0.15) is 39.0 Å². The van der Waals surface area contributed by atoms with E-state index in [2.05, 4.69) is 27.8 Å². The van der Waals surface area contributed by atoms with E-state index in [0.717, 1.165) is 10.4 Å². The molecule has 1 aliphatic rings. The Morgan fingerprint density at radius 2 is 2.25 bits per heavy atom. The zero-order valence-electron chi connectivity index (χ0n) is 9.66. The van der Waals surface area contributed by atoms with Crippen LogP contribution in [-0.4, -0.2) is 11.1 Å². The van der Waals surface area contributed by atoms with Gasteiger partial charge >= 0.3 is 0 Å². The molecule has 2 rings (SSSR count). The lowest BCUT2D eigenvalue weighted by Crippen LogP contribution is -2.30. The van der Waals surface area contributed by atoms with Crippen molar-refractivity contribution < 1.29 is 4.74 Å². The normalized spacial score (nSPS) is 25.4. The number of halogens is 1. The monoisotopic (exact) mass is 283 g/mol. The van der Waals surface area contributed by atoms with Gasteiger partial charge in [0.25, 0.3) is 0 Å². The van der Waals surface area contributed by atoms with Gasteiger partial charge < -0.3 is 4.74 Å². The van der Waals surface area contributed by atoms with E-state index >= 15 is 0 Å². The Morgan fingerprint density at radius 3 is 3.00 bits per heavy atom. The van der Waals surface area contributed by atoms with Crippen LogP contribution in [0.3, 0.4) is 0 Å². The summed E-state index contributed by atoms with van der Waals surface area (Å²) in [4.78, 5) is 4.19. The van der Waals surface area contributed by atoms with E-state index in [1.54, 1.807) is 6.20 Å². The van der Waals surface area contributed by atoms with Crippen molar-refractivity contribution in [1.29, 1.82) is 0 Å². The molecular weight excluding hydrogens is 266 g/mol. The minimum absolute atomic E-state index is 0.374. The van der Waals surface area contributed by atoms with Gasteiger partial charge in [-0.15, -0.1) is 0 Å². The second-order valence-corrected chi connectivity index (χ2v) is 5.15. The van der Waals surface area contributed by atoms with Gasteiger partial charge in [0.2, 0.25) is 0 Å². The van der Waals surface area contributed by atoms with Gasteiger partial charge in [0.15, 0.2) is 5.75 Å². The Hall–Kier alpha value is -0.570. The van der Waals surface area contributed by atoms with Gasteiger partial charge in [-0.1, -0.05) is 13.3 Å². The second kappa shape index (κ2) is 5.67. The Balaban J connectivity index is 2.05. The van der Waals surface area contributed by atoms with E-state index in [9.17, 15) is 0 Å². The predicted octanol–water partition coefficient (Wildman–Crippen LogP) is 4.19. The SMILES string of the molecule is CCC1CCCCC1Oc1cccnc1Br. The molecule has 1 heterocycles. The number of hydrogen-bond acceptors (Lipinski definition) is 2. The molecule has 1 saturated carbocycles. The summed E-state index contributed by atoms with van der Waals surface area (Å²) in [6, 6.07) is 3.91. The Kier molecular flexibility index (Phi) is 4.22. The lowest BCUT2D eigenvalue weighted by atomic mass is 9.85.